The number of nitrogens with zero attached hydrogens (tertiary/aromatic N) is 3. The zero-order valence-corrected chi connectivity index (χ0v) is 19.9. The molecule has 0 aliphatic heterocycles. The van der Waals surface area contributed by atoms with Gasteiger partial charge < -0.3 is 4.57 Å². The minimum absolute atomic E-state index is 0.0928. The maximum atomic E-state index is 11.4. The largest absolute Gasteiger partial charge is 0.314 e. The standard InChI is InChI=1S/C27H27N3O2S/c1-19-9-7-14-25(21(19)3)28-27-29(20(2)15-16-22-10-5-4-6-11-22)26(18-33-27)23-12-8-13-24(17-23)30(31)32/h4-14,17-18,20H,15-16H2,1-3H3. The number of nitro groups is 1. The van der Waals surface area contributed by atoms with E-state index < -0.39 is 0 Å². The summed E-state index contributed by atoms with van der Waals surface area (Å²) in [6.45, 7) is 6.37. The fourth-order valence-electron chi connectivity index (χ4n) is 3.93. The lowest BCUT2D eigenvalue weighted by atomic mass is 10.1. The summed E-state index contributed by atoms with van der Waals surface area (Å²) in [6, 6.07) is 23.6. The second-order valence-electron chi connectivity index (χ2n) is 8.29. The number of nitro benzene ring substituents is 1. The number of benzene rings is 3. The molecular weight excluding hydrogens is 430 g/mol. The molecule has 5 nitrogen and oxygen atoms in total. The minimum atomic E-state index is -0.347. The molecule has 0 fully saturated rings. The Balaban J connectivity index is 1.80. The summed E-state index contributed by atoms with van der Waals surface area (Å²) in [5.41, 5.74) is 6.48. The average Bonchev–Trinajstić information content (AvgIpc) is 3.25. The van der Waals surface area contributed by atoms with Crippen LogP contribution in [0.4, 0.5) is 11.4 Å². The highest BCUT2D eigenvalue weighted by molar-refractivity contribution is 7.07. The summed E-state index contributed by atoms with van der Waals surface area (Å²) in [6.07, 6.45) is 1.88. The molecule has 0 saturated heterocycles. The summed E-state index contributed by atoms with van der Waals surface area (Å²) in [7, 11) is 0. The molecular formula is C27H27N3O2S. The van der Waals surface area contributed by atoms with E-state index in [1.54, 1.807) is 23.5 Å². The van der Waals surface area contributed by atoms with Crippen LogP contribution in [0, 0.1) is 24.0 Å². The molecule has 3 aromatic carbocycles. The van der Waals surface area contributed by atoms with Crippen LogP contribution < -0.4 is 4.80 Å². The van der Waals surface area contributed by atoms with Gasteiger partial charge in [0, 0.05) is 29.1 Å². The molecule has 6 heteroatoms. The van der Waals surface area contributed by atoms with Gasteiger partial charge in [0.2, 0.25) is 0 Å². The first-order valence-electron chi connectivity index (χ1n) is 11.0. The quantitative estimate of drug-likeness (QED) is 0.218. The van der Waals surface area contributed by atoms with Crippen molar-refractivity contribution < 1.29 is 4.92 Å². The normalized spacial score (nSPS) is 12.6. The number of aromatic nitrogens is 1. The molecule has 4 rings (SSSR count). The monoisotopic (exact) mass is 457 g/mol. The van der Waals surface area contributed by atoms with Gasteiger partial charge in [0.05, 0.1) is 16.3 Å². The molecule has 1 aromatic heterocycles. The number of aryl methyl sites for hydroxylation is 2. The molecule has 0 bridgehead atoms. The Bertz CT molecular complexity index is 1340. The van der Waals surface area contributed by atoms with Gasteiger partial charge in [-0.15, -0.1) is 11.3 Å². The Hall–Kier alpha value is -3.51. The van der Waals surface area contributed by atoms with Crippen molar-refractivity contribution in [2.45, 2.75) is 39.7 Å². The second-order valence-corrected chi connectivity index (χ2v) is 9.12. The lowest BCUT2D eigenvalue weighted by molar-refractivity contribution is -0.384. The van der Waals surface area contributed by atoms with Crippen LogP contribution in [0.5, 0.6) is 0 Å². The summed E-state index contributed by atoms with van der Waals surface area (Å²) in [5.74, 6) is 0. The minimum Gasteiger partial charge on any atom is -0.314 e. The number of hydrogen-bond acceptors (Lipinski definition) is 4. The van der Waals surface area contributed by atoms with Crippen molar-refractivity contribution in [3.8, 4) is 11.3 Å². The van der Waals surface area contributed by atoms with Crippen molar-refractivity contribution in [3.05, 3.63) is 110 Å². The van der Waals surface area contributed by atoms with Gasteiger partial charge in [0.1, 0.15) is 0 Å². The highest BCUT2D eigenvalue weighted by atomic mass is 32.1. The summed E-state index contributed by atoms with van der Waals surface area (Å²) in [4.78, 5) is 16.9. The number of rotatable bonds is 7. The van der Waals surface area contributed by atoms with Crippen LogP contribution in [-0.4, -0.2) is 9.49 Å². The van der Waals surface area contributed by atoms with E-state index in [1.165, 1.54) is 17.2 Å². The van der Waals surface area contributed by atoms with Crippen molar-refractivity contribution in [2.24, 2.45) is 4.99 Å². The fourth-order valence-corrected chi connectivity index (χ4v) is 4.94. The van der Waals surface area contributed by atoms with Crippen molar-refractivity contribution in [2.75, 3.05) is 0 Å². The van der Waals surface area contributed by atoms with Crippen LogP contribution in [0.1, 0.15) is 36.1 Å². The van der Waals surface area contributed by atoms with Crippen molar-refractivity contribution in [1.29, 1.82) is 0 Å². The second kappa shape index (κ2) is 9.96. The fraction of sp³-hybridized carbons (Fsp3) is 0.222. The molecule has 33 heavy (non-hydrogen) atoms. The van der Waals surface area contributed by atoms with Gasteiger partial charge in [-0.3, -0.25) is 10.1 Å². The Morgan fingerprint density at radius 3 is 2.55 bits per heavy atom. The SMILES string of the molecule is Cc1cccc(N=c2scc(-c3cccc([N+](=O)[O-])c3)n2C(C)CCc2ccccc2)c1C. The molecule has 0 radical (unpaired) electrons. The highest BCUT2D eigenvalue weighted by Crippen LogP contribution is 2.29. The van der Waals surface area contributed by atoms with Crippen LogP contribution in [0.2, 0.25) is 0 Å². The van der Waals surface area contributed by atoms with E-state index in [-0.39, 0.29) is 16.7 Å². The first kappa shape index (κ1) is 22.7. The van der Waals surface area contributed by atoms with Gasteiger partial charge in [-0.05, 0) is 56.4 Å². The van der Waals surface area contributed by atoms with Gasteiger partial charge in [-0.25, -0.2) is 4.99 Å². The van der Waals surface area contributed by atoms with Crippen LogP contribution >= 0.6 is 11.3 Å². The average molecular weight is 458 g/mol. The third-order valence-electron chi connectivity index (χ3n) is 6.02. The Morgan fingerprint density at radius 2 is 1.79 bits per heavy atom. The van der Waals surface area contributed by atoms with Gasteiger partial charge in [-0.1, -0.05) is 54.6 Å². The predicted octanol–water partition coefficient (Wildman–Crippen LogP) is 7.17. The molecule has 168 valence electrons. The van der Waals surface area contributed by atoms with Crippen LogP contribution in [0.3, 0.4) is 0 Å². The van der Waals surface area contributed by atoms with Crippen molar-refractivity contribution >= 4 is 22.7 Å². The van der Waals surface area contributed by atoms with E-state index >= 15 is 0 Å². The Morgan fingerprint density at radius 1 is 1.03 bits per heavy atom. The number of non-ortho nitro benzene ring substituents is 1. The molecule has 1 heterocycles. The van der Waals surface area contributed by atoms with E-state index in [9.17, 15) is 10.1 Å². The first-order chi connectivity index (χ1) is 15.9. The third-order valence-corrected chi connectivity index (χ3v) is 6.86. The van der Waals surface area contributed by atoms with E-state index in [0.717, 1.165) is 40.2 Å². The molecule has 0 aliphatic rings. The van der Waals surface area contributed by atoms with Gasteiger partial charge in [0.15, 0.2) is 4.80 Å². The molecule has 0 spiro atoms. The molecule has 0 amide bonds. The third kappa shape index (κ3) is 5.12. The van der Waals surface area contributed by atoms with E-state index in [4.69, 9.17) is 4.99 Å². The lowest BCUT2D eigenvalue weighted by Gasteiger charge is -2.18. The highest BCUT2D eigenvalue weighted by Gasteiger charge is 2.17. The van der Waals surface area contributed by atoms with E-state index in [0.29, 0.717) is 0 Å². The van der Waals surface area contributed by atoms with Crippen molar-refractivity contribution in [3.63, 3.8) is 0 Å². The molecule has 0 saturated carbocycles. The molecule has 0 aliphatic carbocycles. The van der Waals surface area contributed by atoms with Gasteiger partial charge in [-0.2, -0.15) is 0 Å². The summed E-state index contributed by atoms with van der Waals surface area (Å²) >= 11 is 1.57. The zero-order chi connectivity index (χ0) is 23.4. The topological polar surface area (TPSA) is 60.4 Å². The smallest absolute Gasteiger partial charge is 0.270 e. The summed E-state index contributed by atoms with van der Waals surface area (Å²) < 4.78 is 2.23. The van der Waals surface area contributed by atoms with E-state index in [1.807, 2.05) is 24.3 Å². The van der Waals surface area contributed by atoms with Gasteiger partial charge in [0.25, 0.3) is 5.69 Å². The van der Waals surface area contributed by atoms with Crippen molar-refractivity contribution in [1.82, 2.24) is 4.57 Å². The maximum absolute atomic E-state index is 11.4. The molecule has 1 atom stereocenters. The molecule has 1 unspecified atom stereocenters. The lowest BCUT2D eigenvalue weighted by Crippen LogP contribution is -2.20. The molecule has 4 aromatic rings. The zero-order valence-electron chi connectivity index (χ0n) is 19.1. The van der Waals surface area contributed by atoms with E-state index in [2.05, 4.69) is 61.1 Å². The van der Waals surface area contributed by atoms with Crippen LogP contribution in [0.25, 0.3) is 11.3 Å². The Labute approximate surface area is 197 Å². The maximum Gasteiger partial charge on any atom is 0.270 e. The number of thiazole rings is 1. The predicted molar refractivity (Wildman–Crippen MR) is 135 cm³/mol. The van der Waals surface area contributed by atoms with Crippen LogP contribution in [-0.2, 0) is 6.42 Å². The summed E-state index contributed by atoms with van der Waals surface area (Å²) in [5, 5.41) is 13.4. The number of hydrogen-bond donors (Lipinski definition) is 0. The van der Waals surface area contributed by atoms with Gasteiger partial charge >= 0.3 is 0 Å². The van der Waals surface area contributed by atoms with Crippen LogP contribution in [0.15, 0.2) is 83.2 Å². The Kier molecular flexibility index (Phi) is 6.84. The first-order valence-corrected chi connectivity index (χ1v) is 11.9. The molecule has 0 N–H and O–H groups in total.